The van der Waals surface area contributed by atoms with E-state index in [1.807, 2.05) is 0 Å². The first-order valence-electron chi connectivity index (χ1n) is 4.07. The SMILES string of the molecule is CC(=O)COc1ccc([N+](=O)[O-])c(Cl)c1. The molecule has 15 heavy (non-hydrogen) atoms. The number of Topliss-reactive ketones (excluding diaryl/α,β-unsaturated/α-hetero) is 1. The lowest BCUT2D eigenvalue weighted by atomic mass is 10.3. The number of halogens is 1. The molecule has 0 bridgehead atoms. The van der Waals surface area contributed by atoms with E-state index in [2.05, 4.69) is 0 Å². The topological polar surface area (TPSA) is 69.4 Å². The molecule has 0 unspecified atom stereocenters. The molecule has 0 spiro atoms. The Labute approximate surface area is 90.8 Å². The van der Waals surface area contributed by atoms with E-state index in [0.717, 1.165) is 0 Å². The van der Waals surface area contributed by atoms with E-state index in [1.165, 1.54) is 25.1 Å². The van der Waals surface area contributed by atoms with Crippen LogP contribution in [0.2, 0.25) is 5.02 Å². The minimum atomic E-state index is -0.586. The third-order valence-corrected chi connectivity index (χ3v) is 1.86. The van der Waals surface area contributed by atoms with Gasteiger partial charge in [-0.15, -0.1) is 0 Å². The summed E-state index contributed by atoms with van der Waals surface area (Å²) in [6.07, 6.45) is 0. The highest BCUT2D eigenvalue weighted by atomic mass is 35.5. The fourth-order valence-corrected chi connectivity index (χ4v) is 1.15. The molecule has 0 aliphatic rings. The van der Waals surface area contributed by atoms with E-state index in [0.29, 0.717) is 5.75 Å². The third kappa shape index (κ3) is 3.21. The average molecular weight is 230 g/mol. The minimum Gasteiger partial charge on any atom is -0.486 e. The summed E-state index contributed by atoms with van der Waals surface area (Å²) < 4.78 is 5.03. The van der Waals surface area contributed by atoms with Crippen LogP contribution in [-0.2, 0) is 4.79 Å². The zero-order valence-corrected chi connectivity index (χ0v) is 8.65. The van der Waals surface area contributed by atoms with Gasteiger partial charge in [0.1, 0.15) is 17.4 Å². The van der Waals surface area contributed by atoms with Crippen molar-refractivity contribution in [1.29, 1.82) is 0 Å². The molecule has 0 atom stereocenters. The van der Waals surface area contributed by atoms with E-state index < -0.39 is 4.92 Å². The Kier molecular flexibility index (Phi) is 3.62. The molecule has 0 aliphatic heterocycles. The van der Waals surface area contributed by atoms with E-state index >= 15 is 0 Å². The maximum Gasteiger partial charge on any atom is 0.288 e. The third-order valence-electron chi connectivity index (χ3n) is 1.56. The van der Waals surface area contributed by atoms with Crippen LogP contribution in [0.3, 0.4) is 0 Å². The van der Waals surface area contributed by atoms with Gasteiger partial charge in [0.15, 0.2) is 5.78 Å². The summed E-state index contributed by atoms with van der Waals surface area (Å²) in [6, 6.07) is 3.94. The van der Waals surface area contributed by atoms with Gasteiger partial charge in [-0.3, -0.25) is 14.9 Å². The predicted molar refractivity (Wildman–Crippen MR) is 54.3 cm³/mol. The number of carbonyl (C=O) groups is 1. The highest BCUT2D eigenvalue weighted by Gasteiger charge is 2.12. The molecule has 0 fully saturated rings. The molecule has 0 N–H and O–H groups in total. The second-order valence-corrected chi connectivity index (χ2v) is 3.27. The van der Waals surface area contributed by atoms with Gasteiger partial charge in [0, 0.05) is 12.1 Å². The molecule has 1 aromatic rings. The molecule has 1 aromatic carbocycles. The van der Waals surface area contributed by atoms with Crippen molar-refractivity contribution in [1.82, 2.24) is 0 Å². The molecule has 0 radical (unpaired) electrons. The van der Waals surface area contributed by atoms with Crippen molar-refractivity contribution in [3.05, 3.63) is 33.3 Å². The summed E-state index contributed by atoms with van der Waals surface area (Å²) in [5.74, 6) is 0.199. The number of nitrogens with zero attached hydrogens (tertiary/aromatic N) is 1. The number of ketones is 1. The van der Waals surface area contributed by atoms with Crippen molar-refractivity contribution in [3.8, 4) is 5.75 Å². The quantitative estimate of drug-likeness (QED) is 0.586. The van der Waals surface area contributed by atoms with Crippen LogP contribution in [0.5, 0.6) is 5.75 Å². The standard InChI is InChI=1S/C9H8ClNO4/c1-6(12)5-15-7-2-3-9(11(13)14)8(10)4-7/h2-4H,5H2,1H3. The highest BCUT2D eigenvalue weighted by Crippen LogP contribution is 2.28. The monoisotopic (exact) mass is 229 g/mol. The molecule has 0 amide bonds. The molecule has 6 heteroatoms. The van der Waals surface area contributed by atoms with E-state index in [9.17, 15) is 14.9 Å². The summed E-state index contributed by atoms with van der Waals surface area (Å²) in [4.78, 5) is 20.5. The number of hydrogen-bond donors (Lipinski definition) is 0. The van der Waals surface area contributed by atoms with Crippen LogP contribution in [0.15, 0.2) is 18.2 Å². The van der Waals surface area contributed by atoms with E-state index in [4.69, 9.17) is 16.3 Å². The van der Waals surface area contributed by atoms with Gasteiger partial charge in [0.05, 0.1) is 4.92 Å². The van der Waals surface area contributed by atoms with E-state index in [-0.39, 0.29) is 23.1 Å². The van der Waals surface area contributed by atoms with Crippen LogP contribution in [0, 0.1) is 10.1 Å². The summed E-state index contributed by atoms with van der Waals surface area (Å²) in [7, 11) is 0. The smallest absolute Gasteiger partial charge is 0.288 e. The Bertz CT molecular complexity index is 405. The summed E-state index contributed by atoms with van der Waals surface area (Å²) in [6.45, 7) is 1.31. The van der Waals surface area contributed by atoms with Gasteiger partial charge in [-0.25, -0.2) is 0 Å². The van der Waals surface area contributed by atoms with Crippen molar-refractivity contribution in [2.45, 2.75) is 6.92 Å². The molecule has 0 heterocycles. The highest BCUT2D eigenvalue weighted by molar-refractivity contribution is 6.32. The number of rotatable bonds is 4. The Hall–Kier alpha value is -1.62. The van der Waals surface area contributed by atoms with Gasteiger partial charge in [-0.2, -0.15) is 0 Å². The molecule has 1 rings (SSSR count). The molecule has 0 saturated heterocycles. The summed E-state index contributed by atoms with van der Waals surface area (Å²) >= 11 is 5.63. The van der Waals surface area contributed by atoms with Crippen LogP contribution in [0.4, 0.5) is 5.69 Å². The maximum atomic E-state index is 10.6. The molecular weight excluding hydrogens is 222 g/mol. The zero-order chi connectivity index (χ0) is 11.4. The van der Waals surface area contributed by atoms with Crippen LogP contribution < -0.4 is 4.74 Å². The lowest BCUT2D eigenvalue weighted by molar-refractivity contribution is -0.384. The molecule has 5 nitrogen and oxygen atoms in total. The van der Waals surface area contributed by atoms with Crippen molar-refractivity contribution >= 4 is 23.1 Å². The van der Waals surface area contributed by atoms with Gasteiger partial charge < -0.3 is 4.74 Å². The number of ether oxygens (including phenoxy) is 1. The van der Waals surface area contributed by atoms with Gasteiger partial charge in [0.25, 0.3) is 5.69 Å². The predicted octanol–water partition coefficient (Wildman–Crippen LogP) is 2.22. The summed E-state index contributed by atoms with van der Waals surface area (Å²) in [5.41, 5.74) is -0.188. The van der Waals surface area contributed by atoms with E-state index in [1.54, 1.807) is 0 Å². The number of nitro groups is 1. The van der Waals surface area contributed by atoms with Gasteiger partial charge >= 0.3 is 0 Å². The fourth-order valence-electron chi connectivity index (χ4n) is 0.910. The Morgan fingerprint density at radius 3 is 2.73 bits per heavy atom. The first-order chi connectivity index (χ1) is 7.00. The van der Waals surface area contributed by atoms with Crippen molar-refractivity contribution in [2.75, 3.05) is 6.61 Å². The van der Waals surface area contributed by atoms with Crippen molar-refractivity contribution in [2.24, 2.45) is 0 Å². The summed E-state index contributed by atoms with van der Waals surface area (Å²) in [5, 5.41) is 10.4. The molecular formula is C9H8ClNO4. The number of benzene rings is 1. The minimum absolute atomic E-state index is 0.0129. The first-order valence-corrected chi connectivity index (χ1v) is 4.44. The Morgan fingerprint density at radius 2 is 2.27 bits per heavy atom. The van der Waals surface area contributed by atoms with Gasteiger partial charge in [-0.05, 0) is 13.0 Å². The number of hydrogen-bond acceptors (Lipinski definition) is 4. The second kappa shape index (κ2) is 4.75. The lowest BCUT2D eigenvalue weighted by Crippen LogP contribution is -2.06. The lowest BCUT2D eigenvalue weighted by Gasteiger charge is -2.03. The van der Waals surface area contributed by atoms with Crippen LogP contribution in [0.1, 0.15) is 6.92 Å². The molecule has 0 aromatic heterocycles. The second-order valence-electron chi connectivity index (χ2n) is 2.86. The number of carbonyl (C=O) groups excluding carboxylic acids is 1. The van der Waals surface area contributed by atoms with Crippen LogP contribution in [0.25, 0.3) is 0 Å². The molecule has 0 aliphatic carbocycles. The normalized spacial score (nSPS) is 9.73. The van der Waals surface area contributed by atoms with Crippen molar-refractivity contribution < 1.29 is 14.5 Å². The Balaban J connectivity index is 2.82. The number of nitro benzene ring substituents is 1. The maximum absolute atomic E-state index is 10.6. The Morgan fingerprint density at radius 1 is 1.60 bits per heavy atom. The van der Waals surface area contributed by atoms with Gasteiger partial charge in [-0.1, -0.05) is 11.6 Å². The van der Waals surface area contributed by atoms with Crippen LogP contribution >= 0.6 is 11.6 Å². The van der Waals surface area contributed by atoms with Crippen LogP contribution in [-0.4, -0.2) is 17.3 Å². The molecule has 80 valence electrons. The van der Waals surface area contributed by atoms with Gasteiger partial charge in [0.2, 0.25) is 0 Å². The zero-order valence-electron chi connectivity index (χ0n) is 7.90. The van der Waals surface area contributed by atoms with Crippen molar-refractivity contribution in [3.63, 3.8) is 0 Å². The molecule has 0 saturated carbocycles. The first kappa shape index (κ1) is 11.5. The average Bonchev–Trinajstić information content (AvgIpc) is 2.14. The largest absolute Gasteiger partial charge is 0.486 e. The fraction of sp³-hybridized carbons (Fsp3) is 0.222.